The number of aliphatic hydroxyl groups excluding tert-OH is 1. The van der Waals surface area contributed by atoms with Crippen molar-refractivity contribution in [1.29, 1.82) is 0 Å². The molecule has 30 nitrogen and oxygen atoms in total. The van der Waals surface area contributed by atoms with E-state index in [-0.39, 0.29) is 33.5 Å². The van der Waals surface area contributed by atoms with Crippen LogP contribution < -0.4 is 31.3 Å². The molecule has 0 unspecified atom stereocenters. The minimum atomic E-state index is -0.428. The van der Waals surface area contributed by atoms with Crippen LogP contribution in [0.5, 0.6) is 5.75 Å². The molecule has 0 aromatic carbocycles. The number of aliphatic hydroxyl groups is 1. The predicted molar refractivity (Wildman–Crippen MR) is 358 cm³/mol. The van der Waals surface area contributed by atoms with Gasteiger partial charge in [-0.2, -0.15) is 34.9 Å². The number of allylic oxidation sites excluding steroid dienone is 2. The molecule has 0 bridgehead atoms. The van der Waals surface area contributed by atoms with Crippen molar-refractivity contribution in [3.8, 4) is 5.75 Å². The maximum atomic E-state index is 11.3. The number of aromatic nitrogens is 18. The third kappa shape index (κ3) is 17.7. The lowest BCUT2D eigenvalue weighted by Gasteiger charge is -2.09. The lowest BCUT2D eigenvalue weighted by Crippen LogP contribution is -2.09. The molecule has 0 amide bonds. The largest absolute Gasteiger partial charge is 0.467 e. The molecule has 9 N–H and O–H groups in total. The van der Waals surface area contributed by atoms with Gasteiger partial charge >= 0.3 is 5.97 Å². The van der Waals surface area contributed by atoms with Crippen LogP contribution in [0.2, 0.25) is 26.3 Å². The number of nitrogens with one attached hydrogen (secondary N) is 8. The number of carbonyl (C=O) groups is 2. The molecular weight excluding hydrogens is 1350 g/mol. The summed E-state index contributed by atoms with van der Waals surface area (Å²) < 4.78 is 22.6. The predicted octanol–water partition coefficient (Wildman–Crippen LogP) is 11.9. The van der Waals surface area contributed by atoms with Gasteiger partial charge in [-0.25, -0.2) is 29.9 Å². The van der Waals surface area contributed by atoms with E-state index in [0.29, 0.717) is 113 Å². The van der Waals surface area contributed by atoms with Crippen LogP contribution >= 0.6 is 69.3 Å². The Balaban J connectivity index is 0.000000121. The van der Waals surface area contributed by atoms with Gasteiger partial charge in [-0.1, -0.05) is 23.8 Å². The molecular formula is C59H50Cl5N23O7S. The van der Waals surface area contributed by atoms with E-state index in [1.807, 2.05) is 54.6 Å². The maximum absolute atomic E-state index is 11.3. The zero-order chi connectivity index (χ0) is 66.0. The number of halogens is 5. The van der Waals surface area contributed by atoms with Gasteiger partial charge in [0.2, 0.25) is 21.1 Å². The summed E-state index contributed by atoms with van der Waals surface area (Å²) >= 11 is 30.8. The van der Waals surface area contributed by atoms with Crippen molar-refractivity contribution in [3.63, 3.8) is 0 Å². The van der Waals surface area contributed by atoms with Gasteiger partial charge in [0.15, 0.2) is 50.8 Å². The summed E-state index contributed by atoms with van der Waals surface area (Å²) in [7, 11) is 0. The molecule has 0 saturated heterocycles. The molecule has 0 spiro atoms. The molecule has 0 aliphatic heterocycles. The van der Waals surface area contributed by atoms with Crippen LogP contribution in [0.3, 0.4) is 0 Å². The number of ether oxygens (including phenoxy) is 1. The number of thiazole rings is 1. The number of fused-ring (bicyclic) bond motifs is 5. The Morgan fingerprint density at radius 2 is 1.25 bits per heavy atom. The molecule has 0 fully saturated rings. The normalized spacial score (nSPS) is 11.7. The molecule has 484 valence electrons. The highest BCUT2D eigenvalue weighted by atomic mass is 35.5. The first-order valence-corrected chi connectivity index (χ1v) is 31.0. The van der Waals surface area contributed by atoms with Crippen LogP contribution in [0.15, 0.2) is 154 Å². The number of hydrogen-bond donors (Lipinski definition) is 9. The smallest absolute Gasteiger partial charge is 0.308 e. The zero-order valence-corrected chi connectivity index (χ0v) is 53.9. The van der Waals surface area contributed by atoms with Crippen LogP contribution in [-0.4, -0.2) is 119 Å². The van der Waals surface area contributed by atoms with E-state index in [9.17, 15) is 9.59 Å². The van der Waals surface area contributed by atoms with Gasteiger partial charge in [0, 0.05) is 57.6 Å². The van der Waals surface area contributed by atoms with E-state index in [4.69, 9.17) is 81.1 Å². The van der Waals surface area contributed by atoms with Crippen molar-refractivity contribution in [2.75, 3.05) is 39.7 Å². The molecule has 0 saturated carbocycles. The van der Waals surface area contributed by atoms with E-state index >= 15 is 0 Å². The highest BCUT2D eigenvalue weighted by Crippen LogP contribution is 2.32. The quantitative estimate of drug-likeness (QED) is 0.0219. The molecule has 95 heavy (non-hydrogen) atoms. The number of nitrogens with zero attached hydrogens (tertiary/aromatic N) is 15. The second-order valence-electron chi connectivity index (χ2n) is 19.5. The summed E-state index contributed by atoms with van der Waals surface area (Å²) in [6.45, 7) is 4.39. The number of pyridine rings is 2. The van der Waals surface area contributed by atoms with E-state index in [2.05, 4.69) is 111 Å². The topological polar surface area (TPSA) is 396 Å². The average molecular weight is 1400 g/mol. The standard InChI is InChI=1S/C13H11ClN4O3.C13H13ClN4O2.C12H10ClN5O.C11H9ClN6.C10H7ClN4OS/c1-7(19)21-9-6-16-12-10(9)11(17-13(14)18-12)15-5-8-3-2-4-20-8;14-11-6-10(15-7-9-2-1-5-20-9)12-13(17-11)18(3-4-19)8-16-12;13-12-17-10(9-11(18-12)16-6-15-9)14-5-7-2-1-3-8(19)4-7;12-11-17-9(8-10(18-11)16-6-15-8)14-5-7-1-3-13-4-2-7;11-10-14-8(7-9(15-10)17-5-13-7)12-4-6-2-1-3-16-6/h2-4,6H,5H2,1H3,(H2,15,16,17,18);1-2,5-6,8,19H,3-4,7H2,(H,15,17);1-2,4,6H,3,5H2,(H2,14,15,16,17,18);1-4,6H,5H2,(H2,14,15,16,17,18);1-3,5H,4H2,(H,12,14,15). The van der Waals surface area contributed by atoms with Gasteiger partial charge in [0.05, 0.1) is 75.2 Å². The number of aromatic amines is 3. The van der Waals surface area contributed by atoms with Crippen molar-refractivity contribution in [2.24, 2.45) is 0 Å². The monoisotopic (exact) mass is 1400 g/mol. The van der Waals surface area contributed by atoms with Gasteiger partial charge in [-0.3, -0.25) is 14.6 Å². The highest BCUT2D eigenvalue weighted by Gasteiger charge is 2.18. The molecule has 1 aliphatic carbocycles. The Bertz CT molecular complexity index is 4930. The number of furan rings is 3. The molecule has 15 rings (SSSR count). The molecule has 1 aliphatic rings. The summed E-state index contributed by atoms with van der Waals surface area (Å²) in [4.78, 5) is 89.5. The Morgan fingerprint density at radius 1 is 0.663 bits per heavy atom. The first-order chi connectivity index (χ1) is 46.3. The number of hydrogen-bond acceptors (Lipinski definition) is 27. The molecule has 14 aromatic rings. The van der Waals surface area contributed by atoms with Crippen molar-refractivity contribution < 1.29 is 32.7 Å². The van der Waals surface area contributed by atoms with Crippen molar-refractivity contribution in [3.05, 3.63) is 189 Å². The van der Waals surface area contributed by atoms with E-state index < -0.39 is 5.97 Å². The van der Waals surface area contributed by atoms with Gasteiger partial charge in [-0.15, -0.1) is 11.3 Å². The van der Waals surface area contributed by atoms with E-state index in [1.165, 1.54) is 30.8 Å². The van der Waals surface area contributed by atoms with Crippen LogP contribution in [-0.2, 0) is 42.3 Å². The Hall–Kier alpha value is -10.7. The van der Waals surface area contributed by atoms with Crippen molar-refractivity contribution in [1.82, 2.24) is 89.3 Å². The van der Waals surface area contributed by atoms with Crippen LogP contribution in [0.1, 0.15) is 36.2 Å². The number of rotatable bonds is 18. The van der Waals surface area contributed by atoms with Crippen LogP contribution in [0.4, 0.5) is 29.0 Å². The summed E-state index contributed by atoms with van der Waals surface area (Å²) in [6.07, 6.45) is 20.5. The summed E-state index contributed by atoms with van der Waals surface area (Å²) in [5.41, 5.74) is 9.57. The number of esters is 1. The third-order valence-electron chi connectivity index (χ3n) is 13.0. The number of imidazole rings is 3. The second-order valence-corrected chi connectivity index (χ2v) is 22.1. The minimum absolute atomic E-state index is 0.0226. The molecule has 0 radical (unpaired) electrons. The number of ketones is 1. The number of H-pyrrole nitrogens is 3. The first kappa shape index (κ1) is 65.8. The lowest BCUT2D eigenvalue weighted by atomic mass is 10.1. The number of carbonyl (C=O) groups excluding carboxylic acids is 2. The van der Waals surface area contributed by atoms with Gasteiger partial charge in [0.1, 0.15) is 61.4 Å². The number of anilines is 5. The van der Waals surface area contributed by atoms with Gasteiger partial charge in [0.25, 0.3) is 0 Å². The first-order valence-electron chi connectivity index (χ1n) is 28.2. The Labute approximate surface area is 564 Å². The van der Waals surface area contributed by atoms with Gasteiger partial charge < -0.3 is 69.2 Å². The summed E-state index contributed by atoms with van der Waals surface area (Å²) in [5, 5.41) is 26.3. The Kier molecular flexibility index (Phi) is 22.0. The third-order valence-corrected chi connectivity index (χ3v) is 14.6. The van der Waals surface area contributed by atoms with E-state index in [0.717, 1.165) is 55.5 Å². The van der Waals surface area contributed by atoms with Crippen molar-refractivity contribution in [2.45, 2.75) is 46.1 Å². The lowest BCUT2D eigenvalue weighted by molar-refractivity contribution is -0.131. The van der Waals surface area contributed by atoms with Crippen LogP contribution in [0.25, 0.3) is 54.9 Å². The minimum Gasteiger partial charge on any atom is -0.467 e. The average Bonchev–Trinajstić information content (AvgIpc) is 1.74. The van der Waals surface area contributed by atoms with Gasteiger partial charge in [-0.05, 0) is 112 Å². The summed E-state index contributed by atoms with van der Waals surface area (Å²) in [6, 6.07) is 16.6. The van der Waals surface area contributed by atoms with Crippen molar-refractivity contribution >= 4 is 165 Å². The fraction of sp³-hybridized carbons (Fsp3) is 0.153. The Morgan fingerprint density at radius 3 is 1.87 bits per heavy atom. The maximum Gasteiger partial charge on any atom is 0.308 e. The molecule has 36 heteroatoms. The van der Waals surface area contributed by atoms with Crippen LogP contribution in [0, 0.1) is 0 Å². The SMILES string of the molecule is CC(=O)Oc1c[nH]c2nc(Cl)nc(NCc3ccco3)c12.Clc1nc(NCc2ccco2)c2ncsc2n1.Clc1nc(NCc2ccncc2)c2[nH]cnc2n1.O=C1C=C(CNc2nc(Cl)nc3nc[nH]c23)C=CC1.OCCn1cnc2c(NCc3ccco3)cc(Cl)nc21. The fourth-order valence-corrected chi connectivity index (χ4v) is 10.4. The molecule has 14 aromatic heterocycles. The summed E-state index contributed by atoms with van der Waals surface area (Å²) in [5.74, 6) is 4.69. The fourth-order valence-electron chi connectivity index (χ4n) is 8.86. The zero-order valence-electron chi connectivity index (χ0n) is 49.3. The highest BCUT2D eigenvalue weighted by molar-refractivity contribution is 7.16. The second kappa shape index (κ2) is 31.8. The molecule has 0 atom stereocenters. The van der Waals surface area contributed by atoms with E-state index in [1.54, 1.807) is 72.1 Å². The molecule has 14 heterocycles.